The molecule has 1 amide bonds. The molecule has 1 unspecified atom stereocenters. The smallest absolute Gasteiger partial charge is 0.326 e. The number of amides is 1. The standard InChI is InChI=1S/C28H31IN4O5S/c1-2-38-28(35)25(33-39(36,37)24-15-11-22(29)12-16-24)18-31-27(34)21-8-5-19(6-9-21)7-13-23-14-10-20-4-3-17-30-26(20)32-23/h5-6,8-12,14-16,25,33H,2-4,7,13,17-18H2,1H3,(H,30,32)(H,31,34). The lowest BCUT2D eigenvalue weighted by Gasteiger charge is -2.18. The molecule has 1 aromatic heterocycles. The van der Waals surface area contributed by atoms with Crippen molar-refractivity contribution >= 4 is 50.3 Å². The first-order chi connectivity index (χ1) is 18.7. The second-order valence-corrected chi connectivity index (χ2v) is 12.1. The van der Waals surface area contributed by atoms with Gasteiger partial charge in [0.15, 0.2) is 0 Å². The summed E-state index contributed by atoms with van der Waals surface area (Å²) in [7, 11) is -4.01. The SMILES string of the molecule is CCOC(=O)C(CNC(=O)c1ccc(CCc2ccc3c(n2)NCCC3)cc1)NS(=O)(=O)c1ccc(I)cc1. The number of fused-ring (bicyclic) bond motifs is 1. The second kappa shape index (κ2) is 13.4. The van der Waals surface area contributed by atoms with Crippen LogP contribution in [0.4, 0.5) is 5.82 Å². The average Bonchev–Trinajstić information content (AvgIpc) is 2.94. The van der Waals surface area contributed by atoms with Crippen molar-refractivity contribution in [2.24, 2.45) is 0 Å². The summed E-state index contributed by atoms with van der Waals surface area (Å²) in [6.45, 7) is 2.39. The number of pyridine rings is 1. The molecule has 0 fully saturated rings. The van der Waals surface area contributed by atoms with Crippen molar-refractivity contribution in [3.05, 3.63) is 86.6 Å². The monoisotopic (exact) mass is 662 g/mol. The van der Waals surface area contributed by atoms with Gasteiger partial charge in [0, 0.05) is 27.9 Å². The van der Waals surface area contributed by atoms with Crippen LogP contribution in [-0.2, 0) is 38.8 Å². The van der Waals surface area contributed by atoms with Crippen LogP contribution in [0.3, 0.4) is 0 Å². The zero-order valence-electron chi connectivity index (χ0n) is 21.6. The number of rotatable bonds is 11. The zero-order chi connectivity index (χ0) is 27.8. The van der Waals surface area contributed by atoms with Crippen LogP contribution >= 0.6 is 22.6 Å². The summed E-state index contributed by atoms with van der Waals surface area (Å²) in [6.07, 6.45) is 3.74. The van der Waals surface area contributed by atoms with Crippen LogP contribution in [0, 0.1) is 3.57 Å². The summed E-state index contributed by atoms with van der Waals surface area (Å²) < 4.78 is 33.9. The summed E-state index contributed by atoms with van der Waals surface area (Å²) in [4.78, 5) is 30.0. The van der Waals surface area contributed by atoms with Crippen molar-refractivity contribution in [2.75, 3.05) is 25.0 Å². The predicted octanol–water partition coefficient (Wildman–Crippen LogP) is 3.47. The summed E-state index contributed by atoms with van der Waals surface area (Å²) in [6, 6.07) is 16.3. The van der Waals surface area contributed by atoms with Gasteiger partial charge in [-0.1, -0.05) is 18.2 Å². The van der Waals surface area contributed by atoms with Gasteiger partial charge in [-0.05, 0) is 109 Å². The van der Waals surface area contributed by atoms with Gasteiger partial charge in [0.25, 0.3) is 5.91 Å². The van der Waals surface area contributed by atoms with Gasteiger partial charge in [0.05, 0.1) is 11.5 Å². The zero-order valence-corrected chi connectivity index (χ0v) is 24.5. The van der Waals surface area contributed by atoms with Crippen molar-refractivity contribution in [1.29, 1.82) is 0 Å². The molecule has 39 heavy (non-hydrogen) atoms. The van der Waals surface area contributed by atoms with E-state index < -0.39 is 27.9 Å². The molecule has 1 aliphatic heterocycles. The van der Waals surface area contributed by atoms with E-state index in [1.54, 1.807) is 31.2 Å². The minimum atomic E-state index is -4.01. The predicted molar refractivity (Wildman–Crippen MR) is 157 cm³/mol. The highest BCUT2D eigenvalue weighted by Gasteiger charge is 2.27. The Morgan fingerprint density at radius 1 is 1.05 bits per heavy atom. The Morgan fingerprint density at radius 3 is 2.51 bits per heavy atom. The molecule has 1 atom stereocenters. The molecule has 0 bridgehead atoms. The Balaban J connectivity index is 1.34. The second-order valence-electron chi connectivity index (χ2n) is 9.13. The highest BCUT2D eigenvalue weighted by Crippen LogP contribution is 2.20. The Bertz CT molecular complexity index is 1410. The maximum absolute atomic E-state index is 12.8. The highest BCUT2D eigenvalue weighted by atomic mass is 127. The molecule has 4 rings (SSSR count). The van der Waals surface area contributed by atoms with E-state index >= 15 is 0 Å². The van der Waals surface area contributed by atoms with Gasteiger partial charge in [-0.2, -0.15) is 4.72 Å². The third kappa shape index (κ3) is 7.99. The van der Waals surface area contributed by atoms with E-state index in [1.807, 2.05) is 12.1 Å². The van der Waals surface area contributed by atoms with Gasteiger partial charge in [-0.15, -0.1) is 0 Å². The largest absolute Gasteiger partial charge is 0.465 e. The van der Waals surface area contributed by atoms with Gasteiger partial charge >= 0.3 is 5.97 Å². The molecule has 0 saturated heterocycles. The topological polar surface area (TPSA) is 126 Å². The van der Waals surface area contributed by atoms with E-state index in [0.717, 1.165) is 52.9 Å². The van der Waals surface area contributed by atoms with Gasteiger partial charge in [0.1, 0.15) is 11.9 Å². The Hall–Kier alpha value is -3.03. The molecule has 2 heterocycles. The fraction of sp³-hybridized carbons (Fsp3) is 0.321. The maximum Gasteiger partial charge on any atom is 0.326 e. The molecule has 0 radical (unpaired) electrons. The number of nitrogens with one attached hydrogen (secondary N) is 3. The molecule has 0 spiro atoms. The van der Waals surface area contributed by atoms with Crippen LogP contribution in [0.25, 0.3) is 0 Å². The lowest BCUT2D eigenvalue weighted by molar-refractivity contribution is -0.144. The molecular weight excluding hydrogens is 631 g/mol. The summed E-state index contributed by atoms with van der Waals surface area (Å²) >= 11 is 2.07. The van der Waals surface area contributed by atoms with Crippen molar-refractivity contribution in [2.45, 2.75) is 43.5 Å². The first-order valence-electron chi connectivity index (χ1n) is 12.8. The summed E-state index contributed by atoms with van der Waals surface area (Å²) in [5.74, 6) is -0.215. The van der Waals surface area contributed by atoms with Crippen molar-refractivity contribution in [3.8, 4) is 0 Å². The van der Waals surface area contributed by atoms with Gasteiger partial charge in [0.2, 0.25) is 10.0 Å². The molecule has 11 heteroatoms. The molecule has 0 aliphatic carbocycles. The van der Waals surface area contributed by atoms with Gasteiger partial charge in [-0.3, -0.25) is 9.59 Å². The van der Waals surface area contributed by atoms with Crippen LogP contribution in [0.5, 0.6) is 0 Å². The van der Waals surface area contributed by atoms with Crippen LogP contribution in [0.2, 0.25) is 0 Å². The highest BCUT2D eigenvalue weighted by molar-refractivity contribution is 14.1. The lowest BCUT2D eigenvalue weighted by atomic mass is 10.0. The molecule has 0 saturated carbocycles. The molecule has 206 valence electrons. The summed E-state index contributed by atoms with van der Waals surface area (Å²) in [5, 5.41) is 6.00. The van der Waals surface area contributed by atoms with Crippen LogP contribution in [-0.4, -0.2) is 51.0 Å². The summed E-state index contributed by atoms with van der Waals surface area (Å²) in [5.41, 5.74) is 3.74. The van der Waals surface area contributed by atoms with E-state index in [0.29, 0.717) is 5.56 Å². The fourth-order valence-corrected chi connectivity index (χ4v) is 5.73. The number of benzene rings is 2. The molecule has 1 aliphatic rings. The molecule has 3 aromatic rings. The van der Waals surface area contributed by atoms with Crippen LogP contribution in [0.15, 0.2) is 65.6 Å². The first kappa shape index (κ1) is 29.0. The van der Waals surface area contributed by atoms with E-state index in [4.69, 9.17) is 9.72 Å². The Labute approximate surface area is 242 Å². The Kier molecular flexibility index (Phi) is 9.92. The van der Waals surface area contributed by atoms with Crippen LogP contribution < -0.4 is 15.4 Å². The van der Waals surface area contributed by atoms with Crippen molar-refractivity contribution < 1.29 is 22.7 Å². The molecular formula is C28H31IN4O5S. The minimum Gasteiger partial charge on any atom is -0.465 e. The van der Waals surface area contributed by atoms with Gasteiger partial charge < -0.3 is 15.4 Å². The third-order valence-corrected chi connectivity index (χ3v) is 8.50. The number of anilines is 1. The molecule has 3 N–H and O–H groups in total. The number of halogens is 1. The number of hydrogen-bond donors (Lipinski definition) is 3. The number of hydrogen-bond acceptors (Lipinski definition) is 7. The number of esters is 1. The van der Waals surface area contributed by atoms with Crippen LogP contribution in [0.1, 0.15) is 40.5 Å². The number of aryl methyl sites for hydroxylation is 3. The van der Waals surface area contributed by atoms with E-state index in [9.17, 15) is 18.0 Å². The van der Waals surface area contributed by atoms with E-state index in [2.05, 4.69) is 50.1 Å². The average molecular weight is 663 g/mol. The van der Waals surface area contributed by atoms with Crippen molar-refractivity contribution in [1.82, 2.24) is 15.0 Å². The Morgan fingerprint density at radius 2 is 1.79 bits per heavy atom. The van der Waals surface area contributed by atoms with E-state index in [1.165, 1.54) is 17.7 Å². The molecule has 2 aromatic carbocycles. The number of carbonyl (C=O) groups is 2. The minimum absolute atomic E-state index is 0.0148. The third-order valence-electron chi connectivity index (χ3n) is 6.30. The quantitative estimate of drug-likeness (QED) is 0.212. The molecule has 9 nitrogen and oxygen atoms in total. The van der Waals surface area contributed by atoms with E-state index in [-0.39, 0.29) is 18.0 Å². The maximum atomic E-state index is 12.8. The van der Waals surface area contributed by atoms with Gasteiger partial charge in [-0.25, -0.2) is 13.4 Å². The number of carbonyl (C=O) groups excluding carboxylic acids is 2. The number of nitrogens with zero attached hydrogens (tertiary/aromatic N) is 1. The number of ether oxygens (including phenoxy) is 1. The lowest BCUT2D eigenvalue weighted by Crippen LogP contribution is -2.49. The van der Waals surface area contributed by atoms with Crippen molar-refractivity contribution in [3.63, 3.8) is 0 Å². The fourth-order valence-electron chi connectivity index (χ4n) is 4.19. The number of sulfonamides is 1. The first-order valence-corrected chi connectivity index (χ1v) is 15.4. The number of aromatic nitrogens is 1. The normalized spacial score (nSPS) is 13.6.